The van der Waals surface area contributed by atoms with E-state index < -0.39 is 36.1 Å². The van der Waals surface area contributed by atoms with E-state index in [4.69, 9.17) is 4.98 Å². The molecule has 6 heterocycles. The van der Waals surface area contributed by atoms with Gasteiger partial charge >= 0.3 is 0 Å². The van der Waals surface area contributed by atoms with Gasteiger partial charge < -0.3 is 9.88 Å². The van der Waals surface area contributed by atoms with Gasteiger partial charge in [0, 0.05) is 54.3 Å². The fourth-order valence-electron chi connectivity index (χ4n) is 11.2. The predicted molar refractivity (Wildman–Crippen MR) is 219 cm³/mol. The summed E-state index contributed by atoms with van der Waals surface area (Å²) in [6.07, 6.45) is 8.01. The number of pyridine rings is 1. The number of benzene rings is 2. The summed E-state index contributed by atoms with van der Waals surface area (Å²) in [4.78, 5) is 78.0. The number of likely N-dealkylation sites (tertiary alicyclic amines) is 1. The molecule has 0 bridgehead atoms. The molecule has 310 valence electrons. The quantitative estimate of drug-likeness (QED) is 0.206. The smallest absolute Gasteiger partial charge is 0.262 e. The number of piperidine rings is 2. The average Bonchev–Trinajstić information content (AvgIpc) is 3.91. The number of nitrogens with zero attached hydrogens (tertiary/aromatic N) is 4. The Hall–Kier alpha value is -5.56. The Morgan fingerprint density at radius 1 is 0.883 bits per heavy atom. The Balaban J connectivity index is 0.752. The van der Waals surface area contributed by atoms with Crippen molar-refractivity contribution in [1.29, 1.82) is 0 Å². The van der Waals surface area contributed by atoms with Gasteiger partial charge in [0.2, 0.25) is 17.7 Å². The van der Waals surface area contributed by atoms with Crippen LogP contribution < -0.4 is 5.32 Å². The number of amides is 5. The monoisotopic (exact) mass is 814 g/mol. The van der Waals surface area contributed by atoms with Gasteiger partial charge in [0.05, 0.1) is 29.4 Å². The first-order chi connectivity index (χ1) is 29.0. The lowest BCUT2D eigenvalue weighted by atomic mass is 9.81. The Morgan fingerprint density at radius 2 is 1.62 bits per heavy atom. The number of carbonyl (C=O) groups is 5. The summed E-state index contributed by atoms with van der Waals surface area (Å²) in [7, 11) is 0. The highest BCUT2D eigenvalue weighted by Crippen LogP contribution is 2.43. The number of hydrogen-bond donors (Lipinski definition) is 2. The molecule has 0 radical (unpaired) electrons. The third-order valence-corrected chi connectivity index (χ3v) is 14.3. The van der Waals surface area contributed by atoms with E-state index in [9.17, 15) is 32.8 Å². The number of alkyl halides is 2. The molecule has 0 saturated carbocycles. The van der Waals surface area contributed by atoms with Gasteiger partial charge in [-0.05, 0) is 129 Å². The first-order valence-electron chi connectivity index (χ1n) is 21.5. The van der Waals surface area contributed by atoms with Crippen LogP contribution in [0.4, 0.5) is 8.78 Å². The zero-order valence-electron chi connectivity index (χ0n) is 33.6. The third-order valence-electron chi connectivity index (χ3n) is 14.3. The second kappa shape index (κ2) is 15.2. The molecule has 4 atom stereocenters. The zero-order chi connectivity index (χ0) is 41.4. The Kier molecular flexibility index (Phi) is 9.76. The van der Waals surface area contributed by atoms with Crippen LogP contribution >= 0.6 is 0 Å². The minimum Gasteiger partial charge on any atom is -0.357 e. The van der Waals surface area contributed by atoms with Crippen molar-refractivity contribution >= 4 is 46.0 Å². The predicted octanol–water partition coefficient (Wildman–Crippen LogP) is 6.40. The molecule has 4 aliphatic heterocycles. The summed E-state index contributed by atoms with van der Waals surface area (Å²) in [6.45, 7) is 3.12. The molecule has 0 spiro atoms. The van der Waals surface area contributed by atoms with Crippen LogP contribution in [0.1, 0.15) is 112 Å². The fraction of sp³-hybridized carbons (Fsp3) is 0.447. The summed E-state index contributed by atoms with van der Waals surface area (Å²) in [6, 6.07) is 14.4. The largest absolute Gasteiger partial charge is 0.357 e. The van der Waals surface area contributed by atoms with Gasteiger partial charge in [-0.15, -0.1) is 0 Å². The van der Waals surface area contributed by atoms with Crippen molar-refractivity contribution in [3.05, 3.63) is 106 Å². The summed E-state index contributed by atoms with van der Waals surface area (Å²) in [5.74, 6) is -1.03. The second-order valence-corrected chi connectivity index (χ2v) is 17.7. The molecule has 2 fully saturated rings. The molecule has 2 unspecified atom stereocenters. The number of fused-ring (bicyclic) bond motifs is 5. The normalized spacial score (nSPS) is 25.2. The molecule has 10 rings (SSSR count). The average molecular weight is 815 g/mol. The second-order valence-electron chi connectivity index (χ2n) is 17.7. The van der Waals surface area contributed by atoms with Crippen molar-refractivity contribution in [2.75, 3.05) is 19.6 Å². The molecule has 60 heavy (non-hydrogen) atoms. The number of imide groups is 2. The van der Waals surface area contributed by atoms with Crippen molar-refractivity contribution in [3.8, 4) is 0 Å². The number of hydrogen-bond acceptors (Lipinski definition) is 7. The van der Waals surface area contributed by atoms with Crippen LogP contribution in [-0.4, -0.2) is 92.3 Å². The van der Waals surface area contributed by atoms with Crippen LogP contribution in [0.15, 0.2) is 60.8 Å². The van der Waals surface area contributed by atoms with Crippen molar-refractivity contribution in [2.45, 2.75) is 95.7 Å². The zero-order valence-corrected chi connectivity index (χ0v) is 33.6. The number of rotatable bonds is 7. The highest BCUT2D eigenvalue weighted by molar-refractivity contribution is 6.23. The summed E-state index contributed by atoms with van der Waals surface area (Å²) in [5.41, 5.74) is 8.79. The lowest BCUT2D eigenvalue weighted by Gasteiger charge is -2.40. The summed E-state index contributed by atoms with van der Waals surface area (Å²) in [5, 5.41) is 3.38. The van der Waals surface area contributed by atoms with Gasteiger partial charge in [-0.25, -0.2) is 8.78 Å². The maximum atomic E-state index is 13.9. The Bertz CT molecular complexity index is 2430. The van der Waals surface area contributed by atoms with Crippen molar-refractivity contribution in [3.63, 3.8) is 0 Å². The first-order valence-corrected chi connectivity index (χ1v) is 21.5. The highest BCUT2D eigenvalue weighted by Gasteiger charge is 2.46. The molecule has 5 amide bonds. The number of halogens is 2. The summed E-state index contributed by atoms with van der Waals surface area (Å²) >= 11 is 0. The van der Waals surface area contributed by atoms with Crippen LogP contribution in [0.25, 0.3) is 16.5 Å². The van der Waals surface area contributed by atoms with E-state index in [0.29, 0.717) is 48.9 Å². The van der Waals surface area contributed by atoms with E-state index in [1.54, 1.807) is 0 Å². The molecule has 11 nitrogen and oxygen atoms in total. The molecule has 2 aromatic heterocycles. The molecular formula is C47H48F2N6O5. The van der Waals surface area contributed by atoms with E-state index in [0.717, 1.165) is 88.0 Å². The molecule has 2 aliphatic carbocycles. The van der Waals surface area contributed by atoms with Crippen LogP contribution in [0.2, 0.25) is 0 Å². The lowest BCUT2D eigenvalue weighted by molar-refractivity contribution is -0.138. The van der Waals surface area contributed by atoms with Crippen LogP contribution in [-0.2, 0) is 33.6 Å². The number of allylic oxidation sites excluding steroid dienone is 2. The highest BCUT2D eigenvalue weighted by atomic mass is 19.3. The van der Waals surface area contributed by atoms with Crippen LogP contribution in [0, 0.1) is 17.8 Å². The molecule has 6 aliphatic rings. The summed E-state index contributed by atoms with van der Waals surface area (Å²) < 4.78 is 27.8. The SMILES string of the molecule is C[C@@H]1Cc2c([nH]c3ccccc23)[C@@H](c2ccc(C3=CCC(C(=O)N4CCC(C5Cc6cc7c(cc6C5)C(=O)N(C5CCC(=O)NC5=O)C7=O)CC4)CC3)nc2)N1CC(F)F. The number of aromatic nitrogens is 2. The van der Waals surface area contributed by atoms with Crippen molar-refractivity contribution in [1.82, 2.24) is 30.0 Å². The van der Waals surface area contributed by atoms with E-state index in [-0.39, 0.29) is 43.3 Å². The maximum Gasteiger partial charge on any atom is 0.262 e. The van der Waals surface area contributed by atoms with Crippen LogP contribution in [0.3, 0.4) is 0 Å². The number of H-pyrrole nitrogens is 1. The Labute approximate surface area is 346 Å². The molecule has 2 aromatic carbocycles. The minimum absolute atomic E-state index is 0.0677. The number of nitrogens with one attached hydrogen (secondary N) is 2. The topological polar surface area (TPSA) is 136 Å². The number of aromatic amines is 1. The Morgan fingerprint density at radius 3 is 2.27 bits per heavy atom. The van der Waals surface area contributed by atoms with Gasteiger partial charge in [-0.3, -0.25) is 44.1 Å². The number of carbonyl (C=O) groups excluding carboxylic acids is 5. The van der Waals surface area contributed by atoms with Gasteiger partial charge in [0.1, 0.15) is 6.04 Å². The van der Waals surface area contributed by atoms with Gasteiger partial charge in [0.15, 0.2) is 0 Å². The fourth-order valence-corrected chi connectivity index (χ4v) is 11.2. The van der Waals surface area contributed by atoms with E-state index in [1.807, 2.05) is 65.4 Å². The standard InChI is InChI=1S/C47H48F2N6O5/c1-25-18-34-33-4-2-3-5-38(33)51-42(34)43(54(25)24-40(48)49)29-10-11-37(50-23-29)27-6-8-28(9-7-27)45(58)53-16-14-26(15-17-53)30-19-31-21-35-36(22-32(31)20-30)47(60)55(46(35)59)39-12-13-41(56)52-44(39)57/h2-6,10-11,21-23,25-26,28,30,39-40,43,51H,7-9,12-20,24H2,1H3,(H,52,56,57)/t25-,28?,39?,43-/m1/s1. The van der Waals surface area contributed by atoms with Gasteiger partial charge in [-0.2, -0.15) is 0 Å². The molecule has 2 N–H and O–H groups in total. The maximum absolute atomic E-state index is 13.9. The van der Waals surface area contributed by atoms with Gasteiger partial charge in [0.25, 0.3) is 18.2 Å². The van der Waals surface area contributed by atoms with Crippen molar-refractivity contribution < 1.29 is 32.8 Å². The van der Waals surface area contributed by atoms with E-state index in [1.165, 1.54) is 5.56 Å². The number of para-hydroxylation sites is 1. The first kappa shape index (κ1) is 38.6. The molecule has 4 aromatic rings. The van der Waals surface area contributed by atoms with E-state index >= 15 is 0 Å². The lowest BCUT2D eigenvalue weighted by Crippen LogP contribution is -2.54. The minimum atomic E-state index is -2.46. The molecule has 13 heteroatoms. The molecular weight excluding hydrogens is 767 g/mol. The van der Waals surface area contributed by atoms with Crippen molar-refractivity contribution in [2.24, 2.45) is 17.8 Å². The molecule has 2 saturated heterocycles. The van der Waals surface area contributed by atoms with E-state index in [2.05, 4.69) is 22.4 Å². The van der Waals surface area contributed by atoms with Crippen LogP contribution in [0.5, 0.6) is 0 Å². The third kappa shape index (κ3) is 6.65. The van der Waals surface area contributed by atoms with Gasteiger partial charge in [-0.1, -0.05) is 30.3 Å².